The molecule has 18 heteroatoms. The maximum atomic E-state index is 14.6. The van der Waals surface area contributed by atoms with Crippen LogP contribution in [0, 0.1) is 34.3 Å². The molecule has 0 unspecified atom stereocenters. The molecule has 0 saturated carbocycles. The summed E-state index contributed by atoms with van der Waals surface area (Å²) in [5, 5.41) is 50.3. The summed E-state index contributed by atoms with van der Waals surface area (Å²) < 4.78 is 97.2. The maximum Gasteiger partial charge on any atom is 0.534 e. The summed E-state index contributed by atoms with van der Waals surface area (Å²) in [7, 11) is -5.90. The van der Waals surface area contributed by atoms with E-state index < -0.39 is 56.3 Å². The van der Waals surface area contributed by atoms with E-state index in [1.165, 1.54) is 59.6 Å². The van der Waals surface area contributed by atoms with Crippen molar-refractivity contribution in [2.24, 2.45) is 0 Å². The molecule has 0 radical (unpaired) electrons. The van der Waals surface area contributed by atoms with Gasteiger partial charge in [-0.2, -0.15) is 32.1 Å². The number of halogens is 5. The molecule has 290 valence electrons. The SMILES string of the molecule is N#Cc1ccc([C@H]2C[C@](O)(c3cccc(O)c3)c3cncn32)c(F)c1.N#Cc1ccc([C@H]2C[C@](O)(c3cccc(OS(=O)(=O)C(F)(F)F)c3)c3cncn32)c(F)c1. The van der Waals surface area contributed by atoms with Crippen molar-refractivity contribution in [3.05, 3.63) is 166 Å². The fourth-order valence-corrected chi connectivity index (χ4v) is 7.69. The number of aromatic hydroxyl groups is 1. The first-order chi connectivity index (χ1) is 27.0. The van der Waals surface area contributed by atoms with Crippen molar-refractivity contribution in [1.82, 2.24) is 19.1 Å². The second-order valence-corrected chi connectivity index (χ2v) is 14.8. The third-order valence-electron chi connectivity index (χ3n) is 9.93. The number of benzene rings is 4. The predicted octanol–water partition coefficient (Wildman–Crippen LogP) is 6.18. The number of imidazole rings is 2. The van der Waals surface area contributed by atoms with Gasteiger partial charge < -0.3 is 28.6 Å². The third kappa shape index (κ3) is 6.84. The molecule has 4 heterocycles. The Bertz CT molecular complexity index is 2720. The zero-order chi connectivity index (χ0) is 40.9. The molecule has 0 spiro atoms. The van der Waals surface area contributed by atoms with Gasteiger partial charge in [0.05, 0.1) is 71.8 Å². The Morgan fingerprint density at radius 2 is 1.21 bits per heavy atom. The lowest BCUT2D eigenvalue weighted by Crippen LogP contribution is -2.28. The van der Waals surface area contributed by atoms with E-state index in [2.05, 4.69) is 14.2 Å². The van der Waals surface area contributed by atoms with Crippen LogP contribution in [0.1, 0.15) is 69.7 Å². The van der Waals surface area contributed by atoms with E-state index >= 15 is 0 Å². The summed E-state index contributed by atoms with van der Waals surface area (Å²) in [5.74, 6) is -1.77. The minimum Gasteiger partial charge on any atom is -0.508 e. The van der Waals surface area contributed by atoms with Gasteiger partial charge in [0.2, 0.25) is 0 Å². The van der Waals surface area contributed by atoms with Gasteiger partial charge >= 0.3 is 15.6 Å². The van der Waals surface area contributed by atoms with E-state index in [-0.39, 0.29) is 46.5 Å². The summed E-state index contributed by atoms with van der Waals surface area (Å²) >= 11 is 0. The molecule has 4 aromatic carbocycles. The molecular formula is C39H27F5N6O6S. The number of nitriles is 2. The third-order valence-corrected chi connectivity index (χ3v) is 10.9. The maximum absolute atomic E-state index is 14.6. The van der Waals surface area contributed by atoms with E-state index in [9.17, 15) is 45.7 Å². The molecule has 12 nitrogen and oxygen atoms in total. The minimum atomic E-state index is -5.90. The lowest BCUT2D eigenvalue weighted by atomic mass is 9.86. The molecule has 0 aliphatic carbocycles. The van der Waals surface area contributed by atoms with Crippen molar-refractivity contribution >= 4 is 10.1 Å². The van der Waals surface area contributed by atoms with Crippen LogP contribution in [0.25, 0.3) is 0 Å². The molecule has 0 bridgehead atoms. The van der Waals surface area contributed by atoms with Crippen LogP contribution in [-0.2, 0) is 21.3 Å². The Morgan fingerprint density at radius 3 is 1.65 bits per heavy atom. The molecule has 57 heavy (non-hydrogen) atoms. The van der Waals surface area contributed by atoms with E-state index in [1.54, 1.807) is 41.4 Å². The van der Waals surface area contributed by atoms with Gasteiger partial charge in [0, 0.05) is 24.0 Å². The van der Waals surface area contributed by atoms with Crippen LogP contribution in [0.15, 0.2) is 110 Å². The van der Waals surface area contributed by atoms with E-state index in [4.69, 9.17) is 10.5 Å². The van der Waals surface area contributed by atoms with Gasteiger partial charge in [-0.15, -0.1) is 0 Å². The van der Waals surface area contributed by atoms with Gasteiger partial charge in [-0.25, -0.2) is 18.7 Å². The molecular weight excluding hydrogens is 776 g/mol. The van der Waals surface area contributed by atoms with Crippen LogP contribution in [0.4, 0.5) is 22.0 Å². The highest BCUT2D eigenvalue weighted by Gasteiger charge is 2.50. The Hall–Kier alpha value is -6.60. The Kier molecular flexibility index (Phi) is 9.61. The highest BCUT2D eigenvalue weighted by molar-refractivity contribution is 7.88. The fraction of sp³-hybridized carbons (Fsp3) is 0.179. The van der Waals surface area contributed by atoms with Gasteiger partial charge in [0.25, 0.3) is 0 Å². The van der Waals surface area contributed by atoms with Gasteiger partial charge in [-0.3, -0.25) is 0 Å². The molecule has 8 rings (SSSR count). The van der Waals surface area contributed by atoms with Crippen LogP contribution >= 0.6 is 0 Å². The zero-order valence-electron chi connectivity index (χ0n) is 29.0. The normalized spacial score (nSPS) is 21.1. The number of fused-ring (bicyclic) bond motifs is 2. The Morgan fingerprint density at radius 1 is 0.737 bits per heavy atom. The molecule has 4 atom stereocenters. The molecule has 2 aliphatic rings. The fourth-order valence-electron chi connectivity index (χ4n) is 7.24. The van der Waals surface area contributed by atoms with Crippen molar-refractivity contribution in [2.75, 3.05) is 0 Å². The molecule has 3 N–H and O–H groups in total. The summed E-state index contributed by atoms with van der Waals surface area (Å²) in [5.41, 5.74) is -6.62. The van der Waals surface area contributed by atoms with Crippen molar-refractivity contribution in [3.63, 3.8) is 0 Å². The quantitative estimate of drug-likeness (QED) is 0.0998. The van der Waals surface area contributed by atoms with Crippen LogP contribution < -0.4 is 4.18 Å². The topological polar surface area (TPSA) is 187 Å². The van der Waals surface area contributed by atoms with Gasteiger partial charge in [-0.1, -0.05) is 36.4 Å². The number of nitrogens with zero attached hydrogens (tertiary/aromatic N) is 6. The number of hydrogen-bond donors (Lipinski definition) is 3. The van der Waals surface area contributed by atoms with Crippen molar-refractivity contribution in [1.29, 1.82) is 10.5 Å². The van der Waals surface area contributed by atoms with Gasteiger partial charge in [-0.05, 0) is 59.7 Å². The number of aliphatic hydroxyl groups is 2. The molecule has 0 fully saturated rings. The first-order valence-corrected chi connectivity index (χ1v) is 18.2. The number of phenolic OH excluding ortho intramolecular Hbond substituents is 1. The number of rotatable bonds is 6. The van der Waals surface area contributed by atoms with Gasteiger partial charge in [0.15, 0.2) is 0 Å². The number of aromatic nitrogens is 4. The largest absolute Gasteiger partial charge is 0.534 e. The Balaban J connectivity index is 0.000000179. The van der Waals surface area contributed by atoms with E-state index in [0.717, 1.165) is 18.2 Å². The molecule has 0 saturated heterocycles. The second-order valence-electron chi connectivity index (χ2n) is 13.3. The highest BCUT2D eigenvalue weighted by atomic mass is 32.2. The van der Waals surface area contributed by atoms with E-state index in [1.807, 2.05) is 12.1 Å². The van der Waals surface area contributed by atoms with Gasteiger partial charge in [0.1, 0.15) is 34.3 Å². The average Bonchev–Trinajstić information content (AvgIpc) is 3.96. The minimum absolute atomic E-state index is 0.0330. The highest BCUT2D eigenvalue weighted by Crippen LogP contribution is 2.49. The first-order valence-electron chi connectivity index (χ1n) is 16.8. The molecule has 0 amide bonds. The zero-order valence-corrected chi connectivity index (χ0v) is 29.8. The number of hydrogen-bond acceptors (Lipinski definition) is 10. The summed E-state index contributed by atoms with van der Waals surface area (Å²) in [6.45, 7) is 0. The van der Waals surface area contributed by atoms with Crippen molar-refractivity contribution < 1.29 is 49.9 Å². The predicted molar refractivity (Wildman–Crippen MR) is 188 cm³/mol. The van der Waals surface area contributed by atoms with Crippen LogP contribution in [0.5, 0.6) is 11.5 Å². The van der Waals surface area contributed by atoms with Crippen LogP contribution in [0.2, 0.25) is 0 Å². The molecule has 2 aromatic heterocycles. The summed E-state index contributed by atoms with van der Waals surface area (Å²) in [6, 6.07) is 21.7. The van der Waals surface area contributed by atoms with Crippen LogP contribution in [-0.4, -0.2) is 48.3 Å². The molecule has 6 aromatic rings. The second kappa shape index (κ2) is 14.2. The average molecular weight is 803 g/mol. The Labute approximate surface area is 320 Å². The van der Waals surface area contributed by atoms with E-state index in [0.29, 0.717) is 16.8 Å². The standard InChI is InChI=1S/C20H13F4N3O4S.C19H14FN3O2/c21-16-6-12(9-25)4-5-15(16)17-8-19(28,18-10-26-11-27(17)18)13-2-1-3-14(7-13)31-32(29,30)20(22,23)24;20-16-6-12(9-21)4-5-15(16)17-8-19(25,18-10-22-11-23(17)18)13-2-1-3-14(24)7-13/h1-7,10-11,17,28H,8H2;1-7,10-11,17,24-25H,8H2/t2*17-,19+/m11/s1. The summed E-state index contributed by atoms with van der Waals surface area (Å²) in [4.78, 5) is 8.06. The summed E-state index contributed by atoms with van der Waals surface area (Å²) in [6.07, 6.45) is 5.87. The van der Waals surface area contributed by atoms with Crippen LogP contribution in [0.3, 0.4) is 0 Å². The number of alkyl halides is 3. The van der Waals surface area contributed by atoms with Crippen molar-refractivity contribution in [2.45, 2.75) is 41.6 Å². The monoisotopic (exact) mass is 802 g/mol. The number of phenols is 1. The lowest BCUT2D eigenvalue weighted by Gasteiger charge is -2.24. The smallest absolute Gasteiger partial charge is 0.508 e. The first kappa shape index (κ1) is 38.7. The van der Waals surface area contributed by atoms with Crippen molar-refractivity contribution in [3.8, 4) is 23.6 Å². The molecule has 2 aliphatic heterocycles. The lowest BCUT2D eigenvalue weighted by molar-refractivity contribution is -0.0500.